The Morgan fingerprint density at radius 3 is 1.72 bits per heavy atom. The SMILES string of the molecule is c1ccc(-c2ccc3c(c2)oc2cc(-n4c5ccccc5c5cc6c(cc54)c4ccccc4n6-c4nc(-c5ccccc5)nc(-c5cccc6sc7ccccc7c56)n4)ccc23)cc1. The van der Waals surface area contributed by atoms with Gasteiger partial charge < -0.3 is 8.98 Å². The van der Waals surface area contributed by atoms with Crippen LogP contribution in [0.5, 0.6) is 0 Å². The van der Waals surface area contributed by atoms with Gasteiger partial charge in [0.1, 0.15) is 11.2 Å². The lowest BCUT2D eigenvalue weighted by Gasteiger charge is -2.12. The Hall–Kier alpha value is -8.39. The highest BCUT2D eigenvalue weighted by atomic mass is 32.1. The Morgan fingerprint density at radius 2 is 0.953 bits per heavy atom. The molecule has 6 nitrogen and oxygen atoms in total. The van der Waals surface area contributed by atoms with Gasteiger partial charge in [0.25, 0.3) is 0 Å². The maximum atomic E-state index is 6.65. The van der Waals surface area contributed by atoms with Crippen molar-refractivity contribution in [2.24, 2.45) is 0 Å². The van der Waals surface area contributed by atoms with Crippen LogP contribution in [0.3, 0.4) is 0 Å². The van der Waals surface area contributed by atoms with Gasteiger partial charge in [-0.15, -0.1) is 11.3 Å². The average molecular weight is 836 g/mol. The summed E-state index contributed by atoms with van der Waals surface area (Å²) in [7, 11) is 0. The molecule has 0 bridgehead atoms. The van der Waals surface area contributed by atoms with E-state index in [1.807, 2.05) is 24.3 Å². The van der Waals surface area contributed by atoms with Gasteiger partial charge in [0.2, 0.25) is 5.95 Å². The first-order valence-electron chi connectivity index (χ1n) is 21.4. The predicted octanol–water partition coefficient (Wildman–Crippen LogP) is 15.3. The van der Waals surface area contributed by atoms with Gasteiger partial charge in [-0.2, -0.15) is 9.97 Å². The van der Waals surface area contributed by atoms with Gasteiger partial charge >= 0.3 is 0 Å². The smallest absolute Gasteiger partial charge is 0.238 e. The molecule has 64 heavy (non-hydrogen) atoms. The second kappa shape index (κ2) is 13.6. The van der Waals surface area contributed by atoms with E-state index in [-0.39, 0.29) is 0 Å². The van der Waals surface area contributed by atoms with E-state index >= 15 is 0 Å². The van der Waals surface area contributed by atoms with Gasteiger partial charge in [0.05, 0.1) is 22.1 Å². The monoisotopic (exact) mass is 835 g/mol. The minimum atomic E-state index is 0.570. The molecule has 9 aromatic carbocycles. The Bertz CT molecular complexity index is 4200. The molecular weight excluding hydrogens is 803 g/mol. The fraction of sp³-hybridized carbons (Fsp3) is 0. The molecule has 298 valence electrons. The number of benzene rings is 9. The number of rotatable bonds is 5. The van der Waals surface area contributed by atoms with Crippen molar-refractivity contribution >= 4 is 97.1 Å². The Labute approximate surface area is 369 Å². The van der Waals surface area contributed by atoms with E-state index in [4.69, 9.17) is 19.4 Å². The number of para-hydroxylation sites is 2. The molecule has 0 saturated carbocycles. The lowest BCUT2D eigenvalue weighted by Crippen LogP contribution is -2.06. The number of nitrogens with zero attached hydrogens (tertiary/aromatic N) is 5. The molecule has 0 unspecified atom stereocenters. The molecule has 0 atom stereocenters. The first-order chi connectivity index (χ1) is 31.7. The van der Waals surface area contributed by atoms with Gasteiger partial charge in [-0.3, -0.25) is 4.57 Å². The summed E-state index contributed by atoms with van der Waals surface area (Å²) in [5.41, 5.74) is 11.3. The topological polar surface area (TPSA) is 61.7 Å². The zero-order valence-electron chi connectivity index (χ0n) is 34.1. The van der Waals surface area contributed by atoms with Crippen LogP contribution in [0.2, 0.25) is 0 Å². The highest BCUT2D eigenvalue weighted by Crippen LogP contribution is 2.43. The minimum absolute atomic E-state index is 0.570. The van der Waals surface area contributed by atoms with Crippen LogP contribution in [0.15, 0.2) is 205 Å². The van der Waals surface area contributed by atoms with E-state index in [1.54, 1.807) is 11.3 Å². The normalized spacial score (nSPS) is 12.1. The highest BCUT2D eigenvalue weighted by molar-refractivity contribution is 7.25. The summed E-state index contributed by atoms with van der Waals surface area (Å²) < 4.78 is 13.7. The van der Waals surface area contributed by atoms with Crippen molar-refractivity contribution in [3.05, 3.63) is 200 Å². The van der Waals surface area contributed by atoms with Crippen molar-refractivity contribution in [3.63, 3.8) is 0 Å². The van der Waals surface area contributed by atoms with Crippen LogP contribution in [0.25, 0.3) is 131 Å². The number of aromatic nitrogens is 5. The van der Waals surface area contributed by atoms with E-state index in [2.05, 4.69) is 185 Å². The third-order valence-corrected chi connectivity index (χ3v) is 13.9. The lowest BCUT2D eigenvalue weighted by molar-refractivity contribution is 0.669. The summed E-state index contributed by atoms with van der Waals surface area (Å²) >= 11 is 1.80. The van der Waals surface area contributed by atoms with Crippen LogP contribution < -0.4 is 0 Å². The largest absolute Gasteiger partial charge is 0.456 e. The van der Waals surface area contributed by atoms with Crippen LogP contribution in [-0.4, -0.2) is 24.1 Å². The van der Waals surface area contributed by atoms with E-state index in [1.165, 1.54) is 20.3 Å². The molecule has 14 rings (SSSR count). The van der Waals surface area contributed by atoms with Crippen molar-refractivity contribution in [1.29, 1.82) is 0 Å². The van der Waals surface area contributed by atoms with Gasteiger partial charge in [0, 0.05) is 75.4 Å². The number of hydrogen-bond donors (Lipinski definition) is 0. The molecule has 0 aliphatic heterocycles. The number of furan rings is 1. The zero-order chi connectivity index (χ0) is 41.9. The van der Waals surface area contributed by atoms with E-state index < -0.39 is 0 Å². The van der Waals surface area contributed by atoms with Crippen molar-refractivity contribution in [2.45, 2.75) is 0 Å². The van der Waals surface area contributed by atoms with Crippen LogP contribution in [0.4, 0.5) is 0 Å². The Balaban J connectivity index is 1.01. The lowest BCUT2D eigenvalue weighted by atomic mass is 10.0. The molecule has 0 saturated heterocycles. The first-order valence-corrected chi connectivity index (χ1v) is 22.2. The fourth-order valence-corrected chi connectivity index (χ4v) is 11.0. The highest BCUT2D eigenvalue weighted by Gasteiger charge is 2.23. The molecule has 0 aliphatic rings. The van der Waals surface area contributed by atoms with Crippen molar-refractivity contribution in [2.75, 3.05) is 0 Å². The summed E-state index contributed by atoms with van der Waals surface area (Å²) in [6.45, 7) is 0. The molecular formula is C57H33N5OS. The molecule has 0 amide bonds. The van der Waals surface area contributed by atoms with E-state index in [0.717, 1.165) is 93.3 Å². The minimum Gasteiger partial charge on any atom is -0.456 e. The summed E-state index contributed by atoms with van der Waals surface area (Å²) in [5.74, 6) is 1.83. The van der Waals surface area contributed by atoms with Gasteiger partial charge in [-0.1, -0.05) is 133 Å². The van der Waals surface area contributed by atoms with Crippen LogP contribution >= 0.6 is 11.3 Å². The summed E-state index contributed by atoms with van der Waals surface area (Å²) in [6, 6.07) is 70.8. The molecule has 0 spiro atoms. The van der Waals surface area contributed by atoms with E-state index in [0.29, 0.717) is 17.6 Å². The van der Waals surface area contributed by atoms with Crippen molar-refractivity contribution in [1.82, 2.24) is 24.1 Å². The molecule has 0 radical (unpaired) electrons. The molecule has 7 heteroatoms. The standard InChI is InChI=1S/C57H33N5OS/c1-3-14-34(15-4-1)36-26-28-40-41-29-27-37(31-51(41)63-50(40)30-36)61-46-22-10-7-18-38(46)44-33-49-45(32-48(44)61)39-19-8-11-23-47(39)62(49)57-59-55(35-16-5-2-6-17-35)58-56(60-57)43-21-13-25-53-54(43)42-20-9-12-24-52(42)64-53/h1-33H. The van der Waals surface area contributed by atoms with Crippen molar-refractivity contribution in [3.8, 4) is 45.5 Å². The first kappa shape index (κ1) is 35.2. The molecule has 0 fully saturated rings. The third kappa shape index (κ3) is 5.22. The molecule has 5 aromatic heterocycles. The summed E-state index contributed by atoms with van der Waals surface area (Å²) in [5, 5.41) is 9.09. The maximum Gasteiger partial charge on any atom is 0.238 e. The Morgan fingerprint density at radius 1 is 0.359 bits per heavy atom. The zero-order valence-corrected chi connectivity index (χ0v) is 34.9. The van der Waals surface area contributed by atoms with Crippen LogP contribution in [0, 0.1) is 0 Å². The second-order valence-corrected chi connectivity index (χ2v) is 17.5. The quantitative estimate of drug-likeness (QED) is 0.173. The predicted molar refractivity (Wildman–Crippen MR) is 265 cm³/mol. The van der Waals surface area contributed by atoms with Gasteiger partial charge in [-0.25, -0.2) is 4.98 Å². The molecule has 14 aromatic rings. The number of hydrogen-bond acceptors (Lipinski definition) is 5. The molecule has 0 aliphatic carbocycles. The molecule has 0 N–H and O–H groups in total. The fourth-order valence-electron chi connectivity index (χ4n) is 9.90. The van der Waals surface area contributed by atoms with Crippen molar-refractivity contribution < 1.29 is 4.42 Å². The maximum absolute atomic E-state index is 6.65. The van der Waals surface area contributed by atoms with Gasteiger partial charge in [0.15, 0.2) is 11.6 Å². The summed E-state index contributed by atoms with van der Waals surface area (Å²) in [4.78, 5) is 15.9. The summed E-state index contributed by atoms with van der Waals surface area (Å²) in [6.07, 6.45) is 0. The van der Waals surface area contributed by atoms with Crippen LogP contribution in [0.1, 0.15) is 0 Å². The third-order valence-electron chi connectivity index (χ3n) is 12.8. The van der Waals surface area contributed by atoms with Gasteiger partial charge in [-0.05, 0) is 71.8 Å². The van der Waals surface area contributed by atoms with E-state index in [9.17, 15) is 0 Å². The van der Waals surface area contributed by atoms with Crippen LogP contribution in [-0.2, 0) is 0 Å². The average Bonchev–Trinajstić information content (AvgIpc) is 4.10. The Kier molecular flexibility index (Phi) is 7.46. The molecule has 5 heterocycles. The second-order valence-electron chi connectivity index (χ2n) is 16.4. The number of thiophene rings is 1. The number of fused-ring (bicyclic) bond motifs is 12.